The van der Waals surface area contributed by atoms with Gasteiger partial charge in [-0.3, -0.25) is 4.79 Å². The Morgan fingerprint density at radius 1 is 1.33 bits per heavy atom. The molecule has 0 aliphatic carbocycles. The number of aromatic nitrogens is 1. The number of benzene rings is 2. The van der Waals surface area contributed by atoms with Crippen LogP contribution in [-0.2, 0) is 6.54 Å². The third kappa shape index (κ3) is 3.14. The molecule has 5 heteroatoms. The molecule has 0 N–H and O–H groups in total. The van der Waals surface area contributed by atoms with Gasteiger partial charge in [-0.2, -0.15) is 4.99 Å². The van der Waals surface area contributed by atoms with E-state index in [2.05, 4.69) is 30.0 Å². The number of hydrogen-bond donors (Lipinski definition) is 0. The fourth-order valence-electron chi connectivity index (χ4n) is 2.61. The van der Waals surface area contributed by atoms with Crippen molar-refractivity contribution < 1.29 is 4.79 Å². The van der Waals surface area contributed by atoms with Gasteiger partial charge in [0.25, 0.3) is 5.91 Å². The highest BCUT2D eigenvalue weighted by Gasteiger charge is 2.11. The highest BCUT2D eigenvalue weighted by atomic mass is 35.5. The maximum absolute atomic E-state index is 12.5. The molecule has 3 aromatic rings. The van der Waals surface area contributed by atoms with Crippen LogP contribution in [0.5, 0.6) is 0 Å². The zero-order valence-corrected chi connectivity index (χ0v) is 14.9. The summed E-state index contributed by atoms with van der Waals surface area (Å²) in [6.07, 6.45) is 5.51. The van der Waals surface area contributed by atoms with Gasteiger partial charge in [-0.05, 0) is 49.2 Å². The van der Waals surface area contributed by atoms with Gasteiger partial charge in [-0.1, -0.05) is 41.0 Å². The summed E-state index contributed by atoms with van der Waals surface area (Å²) < 4.78 is 3.00. The second-order valence-electron chi connectivity index (χ2n) is 5.53. The fraction of sp³-hybridized carbons (Fsp3) is 0.158. The van der Waals surface area contributed by atoms with Crippen LogP contribution in [0.1, 0.15) is 21.5 Å². The quantitative estimate of drug-likeness (QED) is 0.630. The van der Waals surface area contributed by atoms with Crippen molar-refractivity contribution in [3.05, 3.63) is 62.9 Å². The average molecular weight is 355 g/mol. The first-order valence-corrected chi connectivity index (χ1v) is 8.57. The van der Waals surface area contributed by atoms with Crippen LogP contribution < -0.4 is 4.80 Å². The van der Waals surface area contributed by atoms with Crippen molar-refractivity contribution in [2.24, 2.45) is 4.99 Å². The van der Waals surface area contributed by atoms with Crippen molar-refractivity contribution in [3.63, 3.8) is 0 Å². The zero-order chi connectivity index (χ0) is 17.3. The van der Waals surface area contributed by atoms with E-state index < -0.39 is 0 Å². The SMILES string of the molecule is C#CCn1c(=NC(=O)c2cccc(Cl)c2)sc2c(C)cc(C)cc21. The van der Waals surface area contributed by atoms with Crippen LogP contribution in [0.15, 0.2) is 41.4 Å². The summed E-state index contributed by atoms with van der Waals surface area (Å²) in [6.45, 7) is 4.46. The number of amides is 1. The number of carbonyl (C=O) groups excluding carboxylic acids is 1. The van der Waals surface area contributed by atoms with Crippen LogP contribution in [0.25, 0.3) is 10.2 Å². The Morgan fingerprint density at radius 3 is 2.83 bits per heavy atom. The van der Waals surface area contributed by atoms with Crippen LogP contribution in [0.2, 0.25) is 5.02 Å². The number of carbonyl (C=O) groups is 1. The minimum absolute atomic E-state index is 0.329. The van der Waals surface area contributed by atoms with Crippen molar-refractivity contribution in [2.45, 2.75) is 20.4 Å². The molecule has 0 spiro atoms. The maximum atomic E-state index is 12.5. The lowest BCUT2D eigenvalue weighted by Gasteiger charge is -2.02. The molecule has 0 aliphatic rings. The Labute approximate surface area is 149 Å². The third-order valence-electron chi connectivity index (χ3n) is 3.63. The number of terminal acetylenes is 1. The van der Waals surface area contributed by atoms with E-state index in [4.69, 9.17) is 18.0 Å². The van der Waals surface area contributed by atoms with Gasteiger partial charge in [0, 0.05) is 10.6 Å². The van der Waals surface area contributed by atoms with Crippen molar-refractivity contribution in [2.75, 3.05) is 0 Å². The summed E-state index contributed by atoms with van der Waals surface area (Å²) in [4.78, 5) is 17.4. The number of nitrogens with zero attached hydrogens (tertiary/aromatic N) is 2. The van der Waals surface area contributed by atoms with E-state index in [9.17, 15) is 4.79 Å². The van der Waals surface area contributed by atoms with Crippen molar-refractivity contribution in [1.29, 1.82) is 0 Å². The largest absolute Gasteiger partial charge is 0.305 e. The number of hydrogen-bond acceptors (Lipinski definition) is 2. The van der Waals surface area contributed by atoms with Crippen molar-refractivity contribution in [3.8, 4) is 12.3 Å². The molecule has 120 valence electrons. The first-order chi connectivity index (χ1) is 11.5. The van der Waals surface area contributed by atoms with Crippen LogP contribution in [-0.4, -0.2) is 10.5 Å². The molecular weight excluding hydrogens is 340 g/mol. The summed E-state index contributed by atoms with van der Waals surface area (Å²) in [6, 6.07) is 11.0. The molecule has 0 radical (unpaired) electrons. The molecule has 1 aromatic heterocycles. The van der Waals surface area contributed by atoms with Gasteiger partial charge >= 0.3 is 0 Å². The third-order valence-corrected chi connectivity index (χ3v) is 5.10. The van der Waals surface area contributed by atoms with Crippen molar-refractivity contribution >= 4 is 39.1 Å². The van der Waals surface area contributed by atoms with Gasteiger partial charge in [0.1, 0.15) is 0 Å². The Hall–Kier alpha value is -2.35. The van der Waals surface area contributed by atoms with Gasteiger partial charge in [0.05, 0.1) is 16.8 Å². The minimum atomic E-state index is -0.329. The van der Waals surface area contributed by atoms with E-state index in [0.717, 1.165) is 21.3 Å². The van der Waals surface area contributed by atoms with Gasteiger partial charge < -0.3 is 4.57 Å². The number of halogens is 1. The zero-order valence-electron chi connectivity index (χ0n) is 13.3. The molecular formula is C19H15ClN2OS. The highest BCUT2D eigenvalue weighted by Crippen LogP contribution is 2.23. The van der Waals surface area contributed by atoms with E-state index in [1.54, 1.807) is 24.3 Å². The molecule has 0 atom stereocenters. The summed E-state index contributed by atoms with van der Waals surface area (Å²) in [5.41, 5.74) is 3.77. The molecule has 1 amide bonds. The lowest BCUT2D eigenvalue weighted by molar-refractivity contribution is 0.0998. The molecule has 0 aliphatic heterocycles. The van der Waals surface area contributed by atoms with E-state index >= 15 is 0 Å². The predicted octanol–water partition coefficient (Wildman–Crippen LogP) is 4.35. The smallest absolute Gasteiger partial charge is 0.279 e. The Bertz CT molecular complexity index is 1050. The van der Waals surface area contributed by atoms with Crippen LogP contribution in [0.3, 0.4) is 0 Å². The molecule has 0 saturated heterocycles. The average Bonchev–Trinajstić information content (AvgIpc) is 2.86. The fourth-order valence-corrected chi connectivity index (χ4v) is 3.88. The van der Waals surface area contributed by atoms with Crippen molar-refractivity contribution in [1.82, 2.24) is 4.57 Å². The summed E-state index contributed by atoms with van der Waals surface area (Å²) in [5, 5.41) is 0.510. The van der Waals surface area contributed by atoms with Crippen LogP contribution in [0, 0.1) is 26.2 Å². The minimum Gasteiger partial charge on any atom is -0.305 e. The van der Waals surface area contributed by atoms with E-state index in [0.29, 0.717) is 21.9 Å². The molecule has 24 heavy (non-hydrogen) atoms. The molecule has 3 nitrogen and oxygen atoms in total. The monoisotopic (exact) mass is 354 g/mol. The maximum Gasteiger partial charge on any atom is 0.279 e. The van der Waals surface area contributed by atoms with Gasteiger partial charge in [0.2, 0.25) is 0 Å². The number of thiazole rings is 1. The highest BCUT2D eigenvalue weighted by molar-refractivity contribution is 7.16. The first kappa shape index (κ1) is 16.5. The van der Waals surface area contributed by atoms with E-state index in [1.165, 1.54) is 11.3 Å². The molecule has 0 saturated carbocycles. The Kier molecular flexibility index (Phi) is 4.57. The van der Waals surface area contributed by atoms with E-state index in [-0.39, 0.29) is 5.91 Å². The molecule has 0 bridgehead atoms. The number of aryl methyl sites for hydroxylation is 2. The number of fused-ring (bicyclic) bond motifs is 1. The molecule has 2 aromatic carbocycles. The predicted molar refractivity (Wildman–Crippen MR) is 99.5 cm³/mol. The van der Waals surface area contributed by atoms with E-state index in [1.807, 2.05) is 11.5 Å². The standard InChI is InChI=1S/C19H15ClN2OS/c1-4-8-22-16-10-12(2)9-13(3)17(16)24-19(22)21-18(23)14-6-5-7-15(20)11-14/h1,5-7,9-11H,8H2,2-3H3. The molecule has 0 unspecified atom stereocenters. The first-order valence-electron chi connectivity index (χ1n) is 7.38. The normalized spacial score (nSPS) is 11.7. The van der Waals surface area contributed by atoms with Gasteiger partial charge in [0.15, 0.2) is 4.80 Å². The summed E-state index contributed by atoms with van der Waals surface area (Å²) >= 11 is 7.43. The van der Waals surface area contributed by atoms with Crippen LogP contribution in [0.4, 0.5) is 0 Å². The lowest BCUT2D eigenvalue weighted by atomic mass is 10.1. The van der Waals surface area contributed by atoms with Gasteiger partial charge in [-0.25, -0.2) is 0 Å². The molecule has 3 rings (SSSR count). The summed E-state index contributed by atoms with van der Waals surface area (Å²) in [7, 11) is 0. The number of rotatable bonds is 2. The topological polar surface area (TPSA) is 34.4 Å². The second-order valence-corrected chi connectivity index (χ2v) is 6.95. The Balaban J connectivity index is 2.21. The van der Waals surface area contributed by atoms with Crippen LogP contribution >= 0.6 is 22.9 Å². The second kappa shape index (κ2) is 6.64. The summed E-state index contributed by atoms with van der Waals surface area (Å²) in [5.74, 6) is 2.31. The lowest BCUT2D eigenvalue weighted by Crippen LogP contribution is -2.16. The van der Waals surface area contributed by atoms with Gasteiger partial charge in [-0.15, -0.1) is 6.42 Å². The molecule has 1 heterocycles. The Morgan fingerprint density at radius 2 is 2.12 bits per heavy atom. The molecule has 0 fully saturated rings.